The van der Waals surface area contributed by atoms with Crippen molar-refractivity contribution in [2.75, 3.05) is 13.2 Å². The van der Waals surface area contributed by atoms with E-state index in [9.17, 15) is 10.2 Å². The molecule has 0 amide bonds. The highest BCUT2D eigenvalue weighted by Gasteiger charge is 2.42. The molecular weight excluding hydrogens is 176 g/mol. The van der Waals surface area contributed by atoms with E-state index in [0.29, 0.717) is 0 Å². The molecule has 4 atom stereocenters. The molecule has 1 rings (SSSR count). The zero-order valence-corrected chi connectivity index (χ0v) is 7.17. The van der Waals surface area contributed by atoms with E-state index in [0.717, 1.165) is 0 Å². The summed E-state index contributed by atoms with van der Waals surface area (Å²) < 4.78 is 10.0. The summed E-state index contributed by atoms with van der Waals surface area (Å²) in [4.78, 5) is 0. The first kappa shape index (κ1) is 10.6. The molecule has 76 valence electrons. The molecular formula is C8H14O5. The first-order chi connectivity index (χ1) is 6.20. The van der Waals surface area contributed by atoms with Crippen LogP contribution in [0.3, 0.4) is 0 Å². The summed E-state index contributed by atoms with van der Waals surface area (Å²) in [5.74, 6) is 0. The van der Waals surface area contributed by atoms with Crippen LogP contribution in [0, 0.1) is 0 Å². The van der Waals surface area contributed by atoms with Gasteiger partial charge in [0.2, 0.25) is 0 Å². The highest BCUT2D eigenvalue weighted by Crippen LogP contribution is 2.21. The minimum absolute atomic E-state index is 0.229. The Morgan fingerprint density at radius 1 is 1.38 bits per heavy atom. The predicted molar refractivity (Wildman–Crippen MR) is 43.9 cm³/mol. The number of aliphatic hydroxyl groups excluding tert-OH is 3. The van der Waals surface area contributed by atoms with Crippen LogP contribution in [0.5, 0.6) is 0 Å². The monoisotopic (exact) mass is 190 g/mol. The van der Waals surface area contributed by atoms with Gasteiger partial charge in [-0.2, -0.15) is 0 Å². The van der Waals surface area contributed by atoms with Crippen LogP contribution < -0.4 is 0 Å². The van der Waals surface area contributed by atoms with Gasteiger partial charge in [-0.1, -0.05) is 6.08 Å². The van der Waals surface area contributed by atoms with Crippen molar-refractivity contribution in [3.05, 3.63) is 12.7 Å². The molecule has 0 aromatic rings. The van der Waals surface area contributed by atoms with E-state index in [-0.39, 0.29) is 13.2 Å². The molecule has 0 bridgehead atoms. The molecule has 0 saturated carbocycles. The Balaban J connectivity index is 2.45. The van der Waals surface area contributed by atoms with E-state index in [1.165, 1.54) is 6.08 Å². The number of ether oxygens (including phenoxy) is 2. The van der Waals surface area contributed by atoms with Crippen molar-refractivity contribution >= 4 is 0 Å². The maximum Gasteiger partial charge on any atom is 0.187 e. The Bertz CT molecular complexity index is 172. The molecule has 1 heterocycles. The SMILES string of the molecule is C=CCOC1OC(CO)C(O)C1O. The zero-order chi connectivity index (χ0) is 9.84. The summed E-state index contributed by atoms with van der Waals surface area (Å²) in [6.45, 7) is 3.32. The van der Waals surface area contributed by atoms with E-state index in [4.69, 9.17) is 14.6 Å². The van der Waals surface area contributed by atoms with Gasteiger partial charge in [-0.05, 0) is 0 Å². The molecule has 0 aliphatic carbocycles. The maximum absolute atomic E-state index is 9.34. The van der Waals surface area contributed by atoms with E-state index >= 15 is 0 Å². The van der Waals surface area contributed by atoms with Crippen LogP contribution >= 0.6 is 0 Å². The summed E-state index contributed by atoms with van der Waals surface area (Å²) in [6, 6.07) is 0. The third-order valence-electron chi connectivity index (χ3n) is 1.88. The maximum atomic E-state index is 9.34. The quantitative estimate of drug-likeness (QED) is 0.476. The molecule has 1 saturated heterocycles. The van der Waals surface area contributed by atoms with Crippen LogP contribution in [-0.2, 0) is 9.47 Å². The molecule has 1 aliphatic rings. The van der Waals surface area contributed by atoms with Crippen molar-refractivity contribution in [1.29, 1.82) is 0 Å². The second-order valence-corrected chi connectivity index (χ2v) is 2.83. The molecule has 1 fully saturated rings. The number of rotatable bonds is 4. The molecule has 5 nitrogen and oxygen atoms in total. The van der Waals surface area contributed by atoms with Crippen LogP contribution in [0.25, 0.3) is 0 Å². The fourth-order valence-corrected chi connectivity index (χ4v) is 1.17. The predicted octanol–water partition coefficient (Wildman–Crippen LogP) is -1.37. The molecule has 1 aliphatic heterocycles. The van der Waals surface area contributed by atoms with Crippen molar-refractivity contribution in [2.24, 2.45) is 0 Å². The van der Waals surface area contributed by atoms with Gasteiger partial charge in [-0.15, -0.1) is 6.58 Å². The molecule has 0 aromatic heterocycles. The normalized spacial score (nSPS) is 39.3. The third-order valence-corrected chi connectivity index (χ3v) is 1.88. The smallest absolute Gasteiger partial charge is 0.187 e. The average Bonchev–Trinajstić information content (AvgIpc) is 2.41. The van der Waals surface area contributed by atoms with Gasteiger partial charge in [0.1, 0.15) is 18.3 Å². The van der Waals surface area contributed by atoms with Crippen LogP contribution in [0.15, 0.2) is 12.7 Å². The molecule has 3 N–H and O–H groups in total. The second kappa shape index (κ2) is 4.69. The van der Waals surface area contributed by atoms with Crippen LogP contribution in [0.4, 0.5) is 0 Å². The number of aliphatic hydroxyl groups is 3. The Labute approximate surface area is 76.2 Å². The minimum Gasteiger partial charge on any atom is -0.394 e. The molecule has 5 heteroatoms. The lowest BCUT2D eigenvalue weighted by Gasteiger charge is -2.13. The van der Waals surface area contributed by atoms with E-state index < -0.39 is 24.6 Å². The van der Waals surface area contributed by atoms with Crippen molar-refractivity contribution in [2.45, 2.75) is 24.6 Å². The van der Waals surface area contributed by atoms with Crippen molar-refractivity contribution in [3.8, 4) is 0 Å². The van der Waals surface area contributed by atoms with Gasteiger partial charge in [0, 0.05) is 0 Å². The summed E-state index contributed by atoms with van der Waals surface area (Å²) in [5.41, 5.74) is 0. The van der Waals surface area contributed by atoms with Crippen LogP contribution in [-0.4, -0.2) is 53.1 Å². The first-order valence-corrected chi connectivity index (χ1v) is 4.05. The highest BCUT2D eigenvalue weighted by molar-refractivity contribution is 4.86. The Morgan fingerprint density at radius 2 is 2.08 bits per heavy atom. The fraction of sp³-hybridized carbons (Fsp3) is 0.750. The van der Waals surface area contributed by atoms with Gasteiger partial charge in [0.15, 0.2) is 6.29 Å². The largest absolute Gasteiger partial charge is 0.394 e. The second-order valence-electron chi connectivity index (χ2n) is 2.83. The van der Waals surface area contributed by atoms with Gasteiger partial charge in [0.05, 0.1) is 13.2 Å². The molecule has 13 heavy (non-hydrogen) atoms. The van der Waals surface area contributed by atoms with E-state index in [2.05, 4.69) is 6.58 Å². The van der Waals surface area contributed by atoms with Gasteiger partial charge in [-0.25, -0.2) is 0 Å². The zero-order valence-electron chi connectivity index (χ0n) is 7.17. The topological polar surface area (TPSA) is 79.2 Å². The highest BCUT2D eigenvalue weighted by atomic mass is 16.7. The lowest BCUT2D eigenvalue weighted by Crippen LogP contribution is -2.34. The summed E-state index contributed by atoms with van der Waals surface area (Å²) in [7, 11) is 0. The summed E-state index contributed by atoms with van der Waals surface area (Å²) >= 11 is 0. The standard InChI is InChI=1S/C8H14O5/c1-2-3-12-8-7(11)6(10)5(4-9)13-8/h2,5-11H,1,3-4H2. The Morgan fingerprint density at radius 3 is 2.54 bits per heavy atom. The van der Waals surface area contributed by atoms with E-state index in [1.54, 1.807) is 0 Å². The minimum atomic E-state index is -1.11. The first-order valence-electron chi connectivity index (χ1n) is 4.05. The number of hydrogen-bond donors (Lipinski definition) is 3. The third kappa shape index (κ3) is 2.26. The van der Waals surface area contributed by atoms with Gasteiger partial charge in [-0.3, -0.25) is 0 Å². The number of hydrogen-bond acceptors (Lipinski definition) is 5. The van der Waals surface area contributed by atoms with Crippen LogP contribution in [0.2, 0.25) is 0 Å². The molecule has 0 aromatic carbocycles. The van der Waals surface area contributed by atoms with Gasteiger partial charge >= 0.3 is 0 Å². The fourth-order valence-electron chi connectivity index (χ4n) is 1.17. The summed E-state index contributed by atoms with van der Waals surface area (Å²) in [6.07, 6.45) is -2.36. The summed E-state index contributed by atoms with van der Waals surface area (Å²) in [5, 5.41) is 27.4. The van der Waals surface area contributed by atoms with E-state index in [1.807, 2.05) is 0 Å². The molecule has 0 spiro atoms. The Kier molecular flexibility index (Phi) is 3.83. The van der Waals surface area contributed by atoms with Gasteiger partial charge < -0.3 is 24.8 Å². The Hall–Kier alpha value is -0.460. The lowest BCUT2D eigenvalue weighted by molar-refractivity contribution is -0.162. The van der Waals surface area contributed by atoms with Crippen molar-refractivity contribution in [1.82, 2.24) is 0 Å². The molecule has 0 radical (unpaired) electrons. The average molecular weight is 190 g/mol. The van der Waals surface area contributed by atoms with Gasteiger partial charge in [0.25, 0.3) is 0 Å². The van der Waals surface area contributed by atoms with Crippen molar-refractivity contribution in [3.63, 3.8) is 0 Å². The lowest BCUT2D eigenvalue weighted by atomic mass is 10.1. The molecule has 4 unspecified atom stereocenters. The van der Waals surface area contributed by atoms with Crippen molar-refractivity contribution < 1.29 is 24.8 Å². The van der Waals surface area contributed by atoms with Crippen LogP contribution in [0.1, 0.15) is 0 Å².